The van der Waals surface area contributed by atoms with E-state index in [1.165, 1.54) is 5.56 Å². The first kappa shape index (κ1) is 21.1. The van der Waals surface area contributed by atoms with Gasteiger partial charge in [0.15, 0.2) is 5.82 Å². The van der Waals surface area contributed by atoms with Gasteiger partial charge in [-0.05, 0) is 44.0 Å². The molecule has 1 fully saturated rings. The van der Waals surface area contributed by atoms with Gasteiger partial charge in [-0.25, -0.2) is 9.97 Å². The molecule has 1 saturated heterocycles. The summed E-state index contributed by atoms with van der Waals surface area (Å²) >= 11 is 6.09. The minimum atomic E-state index is -0.157. The van der Waals surface area contributed by atoms with Gasteiger partial charge in [0.1, 0.15) is 11.6 Å². The molecule has 1 N–H and O–H groups in total. The average molecular weight is 437 g/mol. The number of aromatic nitrogens is 2. The fourth-order valence-electron chi connectivity index (χ4n) is 3.78. The Morgan fingerprint density at radius 1 is 1.19 bits per heavy atom. The number of halogens is 1. The Kier molecular flexibility index (Phi) is 6.37. The number of rotatable bonds is 5. The number of methoxy groups -OCH3 is 1. The van der Waals surface area contributed by atoms with Crippen LogP contribution in [0.25, 0.3) is 11.4 Å². The van der Waals surface area contributed by atoms with Gasteiger partial charge in [-0.15, -0.1) is 0 Å². The summed E-state index contributed by atoms with van der Waals surface area (Å²) in [5.41, 5.74) is 2.76. The van der Waals surface area contributed by atoms with Gasteiger partial charge in [0.25, 0.3) is 0 Å². The molecule has 4 rings (SSSR count). The van der Waals surface area contributed by atoms with Crippen LogP contribution in [-0.4, -0.2) is 36.1 Å². The second-order valence-electron chi connectivity index (χ2n) is 7.72. The lowest BCUT2D eigenvalue weighted by Crippen LogP contribution is -2.41. The molecule has 1 unspecified atom stereocenters. The van der Waals surface area contributed by atoms with E-state index in [1.54, 1.807) is 31.5 Å². The second kappa shape index (κ2) is 9.35. The number of nitrogens with one attached hydrogen (secondary N) is 1. The maximum Gasteiger partial charge on any atom is 0.229 e. The van der Waals surface area contributed by atoms with Gasteiger partial charge in [0.2, 0.25) is 5.91 Å². The number of carbonyl (C=O) groups excluding carboxylic acids is 1. The smallest absolute Gasteiger partial charge is 0.229 e. The number of ether oxygens (including phenoxy) is 1. The molecule has 0 radical (unpaired) electrons. The number of aryl methyl sites for hydroxylation is 1. The molecule has 1 aliphatic heterocycles. The van der Waals surface area contributed by atoms with Crippen LogP contribution in [0.4, 0.5) is 11.5 Å². The Morgan fingerprint density at radius 3 is 2.77 bits per heavy atom. The van der Waals surface area contributed by atoms with Gasteiger partial charge >= 0.3 is 0 Å². The van der Waals surface area contributed by atoms with Crippen LogP contribution in [0.15, 0.2) is 54.7 Å². The molecule has 160 valence electrons. The van der Waals surface area contributed by atoms with E-state index in [9.17, 15) is 4.79 Å². The Balaban J connectivity index is 1.49. The SMILES string of the molecule is COc1ccc(Cl)cc1NC(=O)C1CCCN(c2ccnc(-c3ccc(C)cc3)n2)C1. The lowest BCUT2D eigenvalue weighted by atomic mass is 9.97. The number of carbonyl (C=O) groups is 1. The number of anilines is 2. The molecule has 1 amide bonds. The van der Waals surface area contributed by atoms with Crippen LogP contribution < -0.4 is 15.0 Å². The number of nitrogens with zero attached hydrogens (tertiary/aromatic N) is 3. The summed E-state index contributed by atoms with van der Waals surface area (Å²) in [7, 11) is 1.57. The first-order chi connectivity index (χ1) is 15.0. The molecular formula is C24H25ClN4O2. The van der Waals surface area contributed by atoms with E-state index >= 15 is 0 Å². The molecule has 2 heterocycles. The quantitative estimate of drug-likeness (QED) is 0.611. The third-order valence-electron chi connectivity index (χ3n) is 5.49. The maximum absolute atomic E-state index is 13.0. The Morgan fingerprint density at radius 2 is 2.00 bits per heavy atom. The van der Waals surface area contributed by atoms with E-state index in [1.807, 2.05) is 18.2 Å². The first-order valence-electron chi connectivity index (χ1n) is 10.3. The Labute approximate surface area is 187 Å². The summed E-state index contributed by atoms with van der Waals surface area (Å²) in [5.74, 6) is 1.91. The van der Waals surface area contributed by atoms with Crippen molar-refractivity contribution in [3.8, 4) is 17.1 Å². The van der Waals surface area contributed by atoms with Crippen LogP contribution >= 0.6 is 11.6 Å². The molecule has 1 atom stereocenters. The molecule has 0 spiro atoms. The lowest BCUT2D eigenvalue weighted by Gasteiger charge is -2.33. The highest BCUT2D eigenvalue weighted by Crippen LogP contribution is 2.30. The van der Waals surface area contributed by atoms with Crippen molar-refractivity contribution < 1.29 is 9.53 Å². The predicted molar refractivity (Wildman–Crippen MR) is 124 cm³/mol. The van der Waals surface area contributed by atoms with Crippen molar-refractivity contribution in [3.05, 3.63) is 65.3 Å². The van der Waals surface area contributed by atoms with Crippen LogP contribution in [-0.2, 0) is 4.79 Å². The number of hydrogen-bond acceptors (Lipinski definition) is 5. The zero-order valence-electron chi connectivity index (χ0n) is 17.6. The monoisotopic (exact) mass is 436 g/mol. The van der Waals surface area contributed by atoms with E-state index in [0.29, 0.717) is 28.8 Å². The average Bonchev–Trinajstić information content (AvgIpc) is 2.80. The number of benzene rings is 2. The first-order valence-corrected chi connectivity index (χ1v) is 10.7. The van der Waals surface area contributed by atoms with Gasteiger partial charge < -0.3 is 15.0 Å². The topological polar surface area (TPSA) is 67.3 Å². The molecule has 0 saturated carbocycles. The standard InChI is InChI=1S/C24H25ClN4O2/c1-16-5-7-17(8-6-16)23-26-12-11-22(28-23)29-13-3-4-18(15-29)24(30)27-20-14-19(25)9-10-21(20)31-2/h5-12,14,18H,3-4,13,15H2,1-2H3,(H,27,30). The minimum Gasteiger partial charge on any atom is -0.495 e. The number of amides is 1. The van der Waals surface area contributed by atoms with Gasteiger partial charge in [0.05, 0.1) is 18.7 Å². The molecule has 0 bridgehead atoms. The van der Waals surface area contributed by atoms with Crippen molar-refractivity contribution in [1.29, 1.82) is 0 Å². The van der Waals surface area contributed by atoms with E-state index in [-0.39, 0.29) is 11.8 Å². The molecule has 1 aliphatic rings. The van der Waals surface area contributed by atoms with E-state index in [2.05, 4.69) is 34.3 Å². The Hall–Kier alpha value is -3.12. The van der Waals surface area contributed by atoms with Crippen LogP contribution in [0, 0.1) is 12.8 Å². The third kappa shape index (κ3) is 4.97. The van der Waals surface area contributed by atoms with Crippen molar-refractivity contribution in [2.24, 2.45) is 5.92 Å². The van der Waals surface area contributed by atoms with Crippen molar-refractivity contribution in [2.75, 3.05) is 30.4 Å². The predicted octanol–water partition coefficient (Wildman–Crippen LogP) is 4.97. The van der Waals surface area contributed by atoms with Crippen molar-refractivity contribution >= 4 is 29.0 Å². The molecule has 7 heteroatoms. The van der Waals surface area contributed by atoms with E-state index in [0.717, 1.165) is 30.8 Å². The van der Waals surface area contributed by atoms with Crippen LogP contribution in [0.1, 0.15) is 18.4 Å². The highest BCUT2D eigenvalue weighted by molar-refractivity contribution is 6.31. The zero-order valence-corrected chi connectivity index (χ0v) is 18.4. The summed E-state index contributed by atoms with van der Waals surface area (Å²) < 4.78 is 5.34. The highest BCUT2D eigenvalue weighted by Gasteiger charge is 2.27. The van der Waals surface area contributed by atoms with E-state index < -0.39 is 0 Å². The Bertz CT molecular complexity index is 1070. The molecule has 1 aromatic heterocycles. The lowest BCUT2D eigenvalue weighted by molar-refractivity contribution is -0.120. The zero-order chi connectivity index (χ0) is 21.8. The number of piperidine rings is 1. The van der Waals surface area contributed by atoms with Crippen molar-refractivity contribution in [1.82, 2.24) is 9.97 Å². The fourth-order valence-corrected chi connectivity index (χ4v) is 3.95. The molecule has 2 aromatic carbocycles. The maximum atomic E-state index is 13.0. The van der Waals surface area contributed by atoms with Crippen molar-refractivity contribution in [2.45, 2.75) is 19.8 Å². The molecule has 0 aliphatic carbocycles. The molecule has 6 nitrogen and oxygen atoms in total. The van der Waals surface area contributed by atoms with Gasteiger partial charge in [-0.1, -0.05) is 41.4 Å². The summed E-state index contributed by atoms with van der Waals surface area (Å²) in [6.07, 6.45) is 3.51. The largest absolute Gasteiger partial charge is 0.495 e. The van der Waals surface area contributed by atoms with Gasteiger partial charge in [-0.2, -0.15) is 0 Å². The summed E-state index contributed by atoms with van der Waals surface area (Å²) in [4.78, 5) is 24.3. The third-order valence-corrected chi connectivity index (χ3v) is 5.72. The normalized spacial score (nSPS) is 16.1. The van der Waals surface area contributed by atoms with Crippen LogP contribution in [0.5, 0.6) is 5.75 Å². The minimum absolute atomic E-state index is 0.0434. The summed E-state index contributed by atoms with van der Waals surface area (Å²) in [6, 6.07) is 15.2. The van der Waals surface area contributed by atoms with Crippen LogP contribution in [0.3, 0.4) is 0 Å². The van der Waals surface area contributed by atoms with Crippen molar-refractivity contribution in [3.63, 3.8) is 0 Å². The summed E-state index contributed by atoms with van der Waals surface area (Å²) in [5, 5.41) is 3.53. The van der Waals surface area contributed by atoms with Gasteiger partial charge in [-0.3, -0.25) is 4.79 Å². The van der Waals surface area contributed by atoms with Gasteiger partial charge in [0, 0.05) is 29.9 Å². The summed E-state index contributed by atoms with van der Waals surface area (Å²) in [6.45, 7) is 3.51. The fraction of sp³-hybridized carbons (Fsp3) is 0.292. The molecule has 31 heavy (non-hydrogen) atoms. The second-order valence-corrected chi connectivity index (χ2v) is 8.16. The van der Waals surface area contributed by atoms with E-state index in [4.69, 9.17) is 21.3 Å². The molecule has 3 aromatic rings. The number of hydrogen-bond donors (Lipinski definition) is 1. The molecular weight excluding hydrogens is 412 g/mol. The van der Waals surface area contributed by atoms with Crippen LogP contribution in [0.2, 0.25) is 5.02 Å². The highest BCUT2D eigenvalue weighted by atomic mass is 35.5.